The molecule has 4 rings (SSSR count). The summed E-state index contributed by atoms with van der Waals surface area (Å²) in [5, 5.41) is 11.4. The van der Waals surface area contributed by atoms with E-state index in [9.17, 15) is 9.18 Å². The van der Waals surface area contributed by atoms with Crippen LogP contribution in [0, 0.1) is 11.7 Å². The molecule has 1 amide bonds. The van der Waals surface area contributed by atoms with Gasteiger partial charge in [0.25, 0.3) is 0 Å². The van der Waals surface area contributed by atoms with Gasteiger partial charge in [0.1, 0.15) is 11.6 Å². The third-order valence-electron chi connectivity index (χ3n) is 4.90. The van der Waals surface area contributed by atoms with E-state index < -0.39 is 0 Å². The number of hydrogen-bond acceptors (Lipinski definition) is 5. The number of amides is 1. The van der Waals surface area contributed by atoms with Crippen LogP contribution in [-0.2, 0) is 4.79 Å². The first-order valence-electron chi connectivity index (χ1n) is 9.25. The van der Waals surface area contributed by atoms with Crippen molar-refractivity contribution in [3.05, 3.63) is 66.6 Å². The van der Waals surface area contributed by atoms with Gasteiger partial charge in [0.15, 0.2) is 5.82 Å². The number of nitrogens with one attached hydrogen (secondary N) is 1. The topological polar surface area (TPSA) is 71.0 Å². The van der Waals surface area contributed by atoms with Crippen molar-refractivity contribution >= 4 is 17.5 Å². The Labute approximate surface area is 162 Å². The van der Waals surface area contributed by atoms with Gasteiger partial charge in [-0.2, -0.15) is 0 Å². The van der Waals surface area contributed by atoms with Crippen molar-refractivity contribution in [2.24, 2.45) is 5.92 Å². The highest BCUT2D eigenvalue weighted by atomic mass is 19.1. The van der Waals surface area contributed by atoms with E-state index in [0.29, 0.717) is 11.5 Å². The van der Waals surface area contributed by atoms with Gasteiger partial charge in [-0.25, -0.2) is 9.37 Å². The van der Waals surface area contributed by atoms with Crippen molar-refractivity contribution in [1.82, 2.24) is 15.2 Å². The fourth-order valence-electron chi connectivity index (χ4n) is 3.30. The Balaban J connectivity index is 1.34. The Morgan fingerprint density at radius 1 is 1.00 bits per heavy atom. The third kappa shape index (κ3) is 4.14. The highest BCUT2D eigenvalue weighted by Crippen LogP contribution is 2.24. The molecule has 6 nitrogen and oxygen atoms in total. The van der Waals surface area contributed by atoms with E-state index >= 15 is 0 Å². The maximum atomic E-state index is 13.0. The lowest BCUT2D eigenvalue weighted by Crippen LogP contribution is -2.38. The maximum Gasteiger partial charge on any atom is 0.228 e. The summed E-state index contributed by atoms with van der Waals surface area (Å²) >= 11 is 0. The molecule has 1 aliphatic heterocycles. The second kappa shape index (κ2) is 8.12. The number of carbonyl (C=O) groups is 1. The number of rotatable bonds is 4. The number of hydrogen-bond donors (Lipinski definition) is 1. The van der Waals surface area contributed by atoms with Crippen LogP contribution in [0.1, 0.15) is 12.8 Å². The van der Waals surface area contributed by atoms with Crippen LogP contribution >= 0.6 is 0 Å². The summed E-state index contributed by atoms with van der Waals surface area (Å²) in [5.74, 6) is 1.07. The number of pyridine rings is 1. The molecule has 1 aromatic carbocycles. The summed E-state index contributed by atoms with van der Waals surface area (Å²) in [6, 6.07) is 15.4. The van der Waals surface area contributed by atoms with Crippen LogP contribution < -0.4 is 10.2 Å². The Kier molecular flexibility index (Phi) is 5.23. The second-order valence-corrected chi connectivity index (χ2v) is 6.75. The zero-order valence-electron chi connectivity index (χ0n) is 15.3. The Morgan fingerprint density at radius 2 is 1.79 bits per heavy atom. The molecule has 1 aliphatic rings. The number of nitrogens with zero attached hydrogens (tertiary/aromatic N) is 4. The molecule has 1 saturated heterocycles. The van der Waals surface area contributed by atoms with Gasteiger partial charge in [-0.05, 0) is 61.4 Å². The van der Waals surface area contributed by atoms with E-state index in [-0.39, 0.29) is 17.6 Å². The van der Waals surface area contributed by atoms with E-state index in [1.54, 1.807) is 24.4 Å². The molecule has 0 saturated carbocycles. The van der Waals surface area contributed by atoms with Crippen molar-refractivity contribution in [1.29, 1.82) is 0 Å². The molecule has 0 unspecified atom stereocenters. The molecule has 3 heterocycles. The fraction of sp³-hybridized carbons (Fsp3) is 0.238. The molecular formula is C21H20FN5O. The minimum atomic E-state index is -0.275. The number of benzene rings is 1. The first kappa shape index (κ1) is 18.0. The molecule has 0 bridgehead atoms. The van der Waals surface area contributed by atoms with Crippen molar-refractivity contribution in [3.63, 3.8) is 0 Å². The van der Waals surface area contributed by atoms with E-state index in [4.69, 9.17) is 0 Å². The lowest BCUT2D eigenvalue weighted by atomic mass is 9.96. The summed E-state index contributed by atoms with van der Waals surface area (Å²) < 4.78 is 13.0. The number of anilines is 2. The van der Waals surface area contributed by atoms with Gasteiger partial charge in [-0.3, -0.25) is 4.79 Å². The zero-order valence-corrected chi connectivity index (χ0v) is 15.3. The normalized spacial score (nSPS) is 14.7. The molecule has 0 atom stereocenters. The van der Waals surface area contributed by atoms with Crippen LogP contribution in [0.25, 0.3) is 11.3 Å². The first-order chi connectivity index (χ1) is 13.7. The highest BCUT2D eigenvalue weighted by Gasteiger charge is 2.26. The Morgan fingerprint density at radius 3 is 2.43 bits per heavy atom. The standard InChI is InChI=1S/C21H20FN5O/c22-17-6-4-15(5-7-17)18-8-9-20(26-25-18)27-13-10-16(11-14-27)21(28)24-19-3-1-2-12-23-19/h1-9,12,16H,10-11,13-14H2,(H,23,24,28). The van der Waals surface area contributed by atoms with E-state index in [0.717, 1.165) is 37.3 Å². The lowest BCUT2D eigenvalue weighted by molar-refractivity contribution is -0.120. The fourth-order valence-corrected chi connectivity index (χ4v) is 3.30. The van der Waals surface area contributed by atoms with Crippen LogP contribution in [0.5, 0.6) is 0 Å². The van der Waals surface area contributed by atoms with Gasteiger partial charge in [-0.15, -0.1) is 10.2 Å². The van der Waals surface area contributed by atoms with Gasteiger partial charge in [-0.1, -0.05) is 6.07 Å². The van der Waals surface area contributed by atoms with Gasteiger partial charge >= 0.3 is 0 Å². The number of carbonyl (C=O) groups excluding carboxylic acids is 1. The Bertz CT molecular complexity index is 923. The summed E-state index contributed by atoms with van der Waals surface area (Å²) in [7, 11) is 0. The average molecular weight is 377 g/mol. The molecule has 0 aliphatic carbocycles. The monoisotopic (exact) mass is 377 g/mol. The zero-order chi connectivity index (χ0) is 19.3. The first-order valence-corrected chi connectivity index (χ1v) is 9.25. The number of piperidine rings is 1. The molecule has 0 spiro atoms. The third-order valence-corrected chi connectivity index (χ3v) is 4.90. The predicted octanol–water partition coefficient (Wildman–Crippen LogP) is 3.53. The van der Waals surface area contributed by atoms with Gasteiger partial charge in [0.05, 0.1) is 5.69 Å². The van der Waals surface area contributed by atoms with Crippen molar-refractivity contribution < 1.29 is 9.18 Å². The van der Waals surface area contributed by atoms with Crippen molar-refractivity contribution in [2.75, 3.05) is 23.3 Å². The molecule has 142 valence electrons. The summed E-state index contributed by atoms with van der Waals surface area (Å²) in [4.78, 5) is 18.7. The number of halogens is 1. The van der Waals surface area contributed by atoms with Gasteiger partial charge < -0.3 is 10.2 Å². The smallest absolute Gasteiger partial charge is 0.228 e. The quantitative estimate of drug-likeness (QED) is 0.753. The molecule has 1 fully saturated rings. The van der Waals surface area contributed by atoms with Crippen LogP contribution in [0.4, 0.5) is 16.0 Å². The summed E-state index contributed by atoms with van der Waals surface area (Å²) in [6.07, 6.45) is 3.16. The molecule has 28 heavy (non-hydrogen) atoms. The molecule has 2 aromatic heterocycles. The summed E-state index contributed by atoms with van der Waals surface area (Å²) in [6.45, 7) is 1.48. The van der Waals surface area contributed by atoms with Crippen LogP contribution in [0.2, 0.25) is 0 Å². The van der Waals surface area contributed by atoms with E-state index in [1.807, 2.05) is 24.3 Å². The minimum absolute atomic E-state index is 0.0103. The van der Waals surface area contributed by atoms with Crippen LogP contribution in [0.3, 0.4) is 0 Å². The molecule has 7 heteroatoms. The van der Waals surface area contributed by atoms with Crippen molar-refractivity contribution in [3.8, 4) is 11.3 Å². The SMILES string of the molecule is O=C(Nc1ccccn1)C1CCN(c2ccc(-c3ccc(F)cc3)nn2)CC1. The van der Waals surface area contributed by atoms with E-state index in [2.05, 4.69) is 25.4 Å². The van der Waals surface area contributed by atoms with E-state index in [1.165, 1.54) is 12.1 Å². The largest absolute Gasteiger partial charge is 0.355 e. The maximum absolute atomic E-state index is 13.0. The van der Waals surface area contributed by atoms with Gasteiger partial charge in [0.2, 0.25) is 5.91 Å². The second-order valence-electron chi connectivity index (χ2n) is 6.75. The van der Waals surface area contributed by atoms with Crippen LogP contribution in [0.15, 0.2) is 60.8 Å². The molecule has 1 N–H and O–H groups in total. The lowest BCUT2D eigenvalue weighted by Gasteiger charge is -2.31. The molecular weight excluding hydrogens is 357 g/mol. The average Bonchev–Trinajstić information content (AvgIpc) is 2.75. The van der Waals surface area contributed by atoms with Crippen molar-refractivity contribution in [2.45, 2.75) is 12.8 Å². The molecule has 3 aromatic rings. The predicted molar refractivity (Wildman–Crippen MR) is 105 cm³/mol. The van der Waals surface area contributed by atoms with Gasteiger partial charge in [0, 0.05) is 30.8 Å². The highest BCUT2D eigenvalue weighted by molar-refractivity contribution is 5.91. The summed E-state index contributed by atoms with van der Waals surface area (Å²) in [5.41, 5.74) is 1.53. The van der Waals surface area contributed by atoms with Crippen LogP contribution in [-0.4, -0.2) is 34.2 Å². The molecule has 0 radical (unpaired) electrons. The Hall–Kier alpha value is -3.35. The minimum Gasteiger partial charge on any atom is -0.355 e. The number of aromatic nitrogens is 3.